The first-order chi connectivity index (χ1) is 12.5. The molecule has 2 saturated heterocycles. The molecular weight excluding hydrogens is 326 g/mol. The van der Waals surface area contributed by atoms with E-state index in [1.54, 1.807) is 0 Å². The number of pyridine rings is 1. The molecule has 3 aliphatic rings. The highest BCUT2D eigenvalue weighted by molar-refractivity contribution is 5.85. The zero-order chi connectivity index (χ0) is 18.3. The van der Waals surface area contributed by atoms with E-state index in [-0.39, 0.29) is 11.5 Å². The van der Waals surface area contributed by atoms with Gasteiger partial charge in [0.25, 0.3) is 0 Å². The van der Waals surface area contributed by atoms with Gasteiger partial charge in [-0.2, -0.15) is 0 Å². The Balaban J connectivity index is 1.41. The molecule has 26 heavy (non-hydrogen) atoms. The van der Waals surface area contributed by atoms with Gasteiger partial charge < -0.3 is 14.9 Å². The summed E-state index contributed by atoms with van der Waals surface area (Å²) in [5.74, 6) is 1.44. The van der Waals surface area contributed by atoms with Crippen LogP contribution in [0.4, 0.5) is 5.82 Å². The van der Waals surface area contributed by atoms with E-state index in [4.69, 9.17) is 4.98 Å². The predicted molar refractivity (Wildman–Crippen MR) is 102 cm³/mol. The number of anilines is 1. The zero-order valence-electron chi connectivity index (χ0n) is 16.1. The fraction of sp³-hybridized carbons (Fsp3) is 0.714. The van der Waals surface area contributed by atoms with Crippen LogP contribution in [0.1, 0.15) is 56.2 Å². The number of nitrogens with zero attached hydrogens (tertiary/aromatic N) is 3. The van der Waals surface area contributed by atoms with Crippen LogP contribution in [0.15, 0.2) is 12.1 Å². The van der Waals surface area contributed by atoms with Crippen LogP contribution >= 0.6 is 0 Å². The van der Waals surface area contributed by atoms with Gasteiger partial charge in [0.15, 0.2) is 0 Å². The first-order valence-corrected chi connectivity index (χ1v) is 10.2. The monoisotopic (exact) mass is 357 g/mol. The lowest BCUT2D eigenvalue weighted by Gasteiger charge is -2.40. The SMILES string of the molecule is Cc1cc(C)nc(N2CCC3(CC2)CCN(C2CCC(O)CC2)C3=O)c1. The third-order valence-corrected chi connectivity index (χ3v) is 6.78. The summed E-state index contributed by atoms with van der Waals surface area (Å²) in [6.07, 6.45) is 6.31. The minimum atomic E-state index is -0.161. The highest BCUT2D eigenvalue weighted by Gasteiger charge is 2.50. The van der Waals surface area contributed by atoms with E-state index in [1.807, 2.05) is 6.92 Å². The number of rotatable bonds is 2. The molecule has 1 aromatic rings. The lowest BCUT2D eigenvalue weighted by molar-refractivity contribution is -0.139. The molecule has 1 saturated carbocycles. The Morgan fingerprint density at radius 1 is 1.04 bits per heavy atom. The van der Waals surface area contributed by atoms with Crippen molar-refractivity contribution in [1.29, 1.82) is 0 Å². The van der Waals surface area contributed by atoms with E-state index >= 15 is 0 Å². The molecule has 1 amide bonds. The van der Waals surface area contributed by atoms with Crippen LogP contribution in [0.25, 0.3) is 0 Å². The number of carbonyl (C=O) groups excluding carboxylic acids is 1. The van der Waals surface area contributed by atoms with Gasteiger partial charge in [0.2, 0.25) is 5.91 Å². The number of aromatic nitrogens is 1. The van der Waals surface area contributed by atoms with Crippen LogP contribution in [0, 0.1) is 19.3 Å². The van der Waals surface area contributed by atoms with Crippen LogP contribution in [0.5, 0.6) is 0 Å². The van der Waals surface area contributed by atoms with E-state index in [2.05, 4.69) is 28.9 Å². The van der Waals surface area contributed by atoms with Crippen molar-refractivity contribution in [3.05, 3.63) is 23.4 Å². The third-order valence-electron chi connectivity index (χ3n) is 6.78. The number of hydrogen-bond acceptors (Lipinski definition) is 4. The van der Waals surface area contributed by atoms with Gasteiger partial charge in [0.05, 0.1) is 11.5 Å². The Bertz CT molecular complexity index is 654. The van der Waals surface area contributed by atoms with E-state index < -0.39 is 0 Å². The summed E-state index contributed by atoms with van der Waals surface area (Å²) in [6, 6.07) is 4.61. The van der Waals surface area contributed by atoms with Crippen molar-refractivity contribution in [2.75, 3.05) is 24.5 Å². The summed E-state index contributed by atoms with van der Waals surface area (Å²) in [4.78, 5) is 22.4. The molecule has 0 unspecified atom stereocenters. The van der Waals surface area contributed by atoms with Crippen molar-refractivity contribution in [3.8, 4) is 0 Å². The molecule has 142 valence electrons. The van der Waals surface area contributed by atoms with Crippen LogP contribution in [-0.2, 0) is 4.79 Å². The number of likely N-dealkylation sites (tertiary alicyclic amines) is 1. The van der Waals surface area contributed by atoms with Gasteiger partial charge in [-0.1, -0.05) is 0 Å². The molecule has 0 aromatic carbocycles. The molecule has 5 heteroatoms. The van der Waals surface area contributed by atoms with Gasteiger partial charge in [0, 0.05) is 31.4 Å². The standard InChI is InChI=1S/C21H31N3O2/c1-15-13-16(2)22-19(14-15)23-10-7-21(8-11-23)9-12-24(20(21)26)17-3-5-18(25)6-4-17/h13-14,17-18,25H,3-12H2,1-2H3. The summed E-state index contributed by atoms with van der Waals surface area (Å²) in [6.45, 7) is 6.89. The highest BCUT2D eigenvalue weighted by atomic mass is 16.3. The Hall–Kier alpha value is -1.62. The van der Waals surface area contributed by atoms with Gasteiger partial charge in [-0.05, 0) is 76.5 Å². The molecule has 0 atom stereocenters. The lowest BCUT2D eigenvalue weighted by Crippen LogP contribution is -2.47. The number of piperidine rings is 1. The van der Waals surface area contributed by atoms with Gasteiger partial charge in [-0.3, -0.25) is 4.79 Å². The summed E-state index contributed by atoms with van der Waals surface area (Å²) in [5, 5.41) is 9.74. The molecule has 5 nitrogen and oxygen atoms in total. The number of carbonyl (C=O) groups is 1. The number of aliphatic hydroxyl groups is 1. The van der Waals surface area contributed by atoms with Gasteiger partial charge in [-0.15, -0.1) is 0 Å². The maximum absolute atomic E-state index is 13.2. The number of aliphatic hydroxyl groups excluding tert-OH is 1. The molecule has 1 N–H and O–H groups in total. The van der Waals surface area contributed by atoms with Crippen LogP contribution in [0.3, 0.4) is 0 Å². The average Bonchev–Trinajstić information content (AvgIpc) is 2.92. The van der Waals surface area contributed by atoms with Crippen molar-refractivity contribution in [2.45, 2.75) is 70.9 Å². The van der Waals surface area contributed by atoms with Crippen LogP contribution in [0.2, 0.25) is 0 Å². The molecule has 2 aliphatic heterocycles. The topological polar surface area (TPSA) is 56.7 Å². The fourth-order valence-electron chi connectivity index (χ4n) is 5.18. The summed E-state index contributed by atoms with van der Waals surface area (Å²) in [5.41, 5.74) is 2.16. The van der Waals surface area contributed by atoms with Crippen LogP contribution < -0.4 is 4.90 Å². The lowest BCUT2D eigenvalue weighted by atomic mass is 9.77. The minimum Gasteiger partial charge on any atom is -0.393 e. The van der Waals surface area contributed by atoms with Gasteiger partial charge >= 0.3 is 0 Å². The van der Waals surface area contributed by atoms with Crippen molar-refractivity contribution in [3.63, 3.8) is 0 Å². The van der Waals surface area contributed by atoms with Crippen LogP contribution in [-0.4, -0.2) is 52.7 Å². The molecule has 1 aromatic heterocycles. The molecular formula is C21H31N3O2. The molecule has 0 bridgehead atoms. The summed E-state index contributed by atoms with van der Waals surface area (Å²) in [7, 11) is 0. The second kappa shape index (κ2) is 6.84. The second-order valence-corrected chi connectivity index (χ2v) is 8.62. The Morgan fingerprint density at radius 2 is 1.69 bits per heavy atom. The first-order valence-electron chi connectivity index (χ1n) is 10.2. The summed E-state index contributed by atoms with van der Waals surface area (Å²) >= 11 is 0. The third kappa shape index (κ3) is 3.22. The van der Waals surface area contributed by atoms with E-state index in [0.29, 0.717) is 11.9 Å². The minimum absolute atomic E-state index is 0.147. The van der Waals surface area contributed by atoms with E-state index in [0.717, 1.165) is 76.1 Å². The summed E-state index contributed by atoms with van der Waals surface area (Å²) < 4.78 is 0. The number of aryl methyl sites for hydroxylation is 2. The zero-order valence-corrected chi connectivity index (χ0v) is 16.1. The van der Waals surface area contributed by atoms with Crippen molar-refractivity contribution < 1.29 is 9.90 Å². The molecule has 1 aliphatic carbocycles. The molecule has 3 fully saturated rings. The van der Waals surface area contributed by atoms with Gasteiger partial charge in [-0.25, -0.2) is 4.98 Å². The average molecular weight is 357 g/mol. The number of amides is 1. The Kier molecular flexibility index (Phi) is 4.68. The number of hydrogen-bond donors (Lipinski definition) is 1. The fourth-order valence-corrected chi connectivity index (χ4v) is 5.18. The highest BCUT2D eigenvalue weighted by Crippen LogP contribution is 2.44. The maximum atomic E-state index is 13.2. The Labute approximate surface area is 156 Å². The van der Waals surface area contributed by atoms with Crippen molar-refractivity contribution >= 4 is 11.7 Å². The smallest absolute Gasteiger partial charge is 0.229 e. The molecule has 1 spiro atoms. The van der Waals surface area contributed by atoms with Crippen molar-refractivity contribution in [1.82, 2.24) is 9.88 Å². The van der Waals surface area contributed by atoms with E-state index in [1.165, 1.54) is 5.56 Å². The first kappa shape index (κ1) is 17.8. The van der Waals surface area contributed by atoms with Gasteiger partial charge in [0.1, 0.15) is 5.82 Å². The second-order valence-electron chi connectivity index (χ2n) is 8.62. The van der Waals surface area contributed by atoms with E-state index in [9.17, 15) is 9.90 Å². The molecule has 4 rings (SSSR count). The largest absolute Gasteiger partial charge is 0.393 e. The van der Waals surface area contributed by atoms with Crippen molar-refractivity contribution in [2.24, 2.45) is 5.41 Å². The quantitative estimate of drug-likeness (QED) is 0.884. The maximum Gasteiger partial charge on any atom is 0.229 e. The predicted octanol–water partition coefficient (Wildman–Crippen LogP) is 2.82. The normalized spacial score (nSPS) is 28.8. The molecule has 3 heterocycles. The molecule has 0 radical (unpaired) electrons. The Morgan fingerprint density at radius 3 is 2.35 bits per heavy atom.